The summed E-state index contributed by atoms with van der Waals surface area (Å²) in [5.41, 5.74) is 0.0249. The molecule has 0 aliphatic heterocycles. The van der Waals surface area contributed by atoms with Crippen LogP contribution in [0.5, 0.6) is 0 Å². The summed E-state index contributed by atoms with van der Waals surface area (Å²) in [7, 11) is 0. The zero-order valence-corrected chi connectivity index (χ0v) is 10.4. The van der Waals surface area contributed by atoms with Crippen molar-refractivity contribution in [2.75, 3.05) is 18.0 Å². The van der Waals surface area contributed by atoms with Crippen LogP contribution in [-0.4, -0.2) is 13.1 Å². The van der Waals surface area contributed by atoms with E-state index in [1.807, 2.05) is 6.92 Å². The highest BCUT2D eigenvalue weighted by molar-refractivity contribution is 5.52. The fourth-order valence-corrected chi connectivity index (χ4v) is 2.30. The zero-order valence-electron chi connectivity index (χ0n) is 10.4. The second-order valence-electron chi connectivity index (χ2n) is 4.74. The van der Waals surface area contributed by atoms with E-state index in [4.69, 9.17) is 5.26 Å². The first-order valence-corrected chi connectivity index (χ1v) is 6.29. The molecule has 0 atom stereocenters. The van der Waals surface area contributed by atoms with Crippen LogP contribution in [0.4, 0.5) is 14.5 Å². The van der Waals surface area contributed by atoms with Crippen LogP contribution in [0.3, 0.4) is 0 Å². The number of nitriles is 1. The fraction of sp³-hybridized carbons (Fsp3) is 0.500. The van der Waals surface area contributed by atoms with Crippen LogP contribution in [0.25, 0.3) is 0 Å². The number of benzene rings is 1. The second-order valence-corrected chi connectivity index (χ2v) is 4.74. The molecule has 0 spiro atoms. The van der Waals surface area contributed by atoms with Crippen molar-refractivity contribution in [3.63, 3.8) is 0 Å². The third-order valence-electron chi connectivity index (χ3n) is 3.55. The van der Waals surface area contributed by atoms with Crippen LogP contribution < -0.4 is 4.90 Å². The van der Waals surface area contributed by atoms with Crippen molar-refractivity contribution in [3.05, 3.63) is 29.3 Å². The van der Waals surface area contributed by atoms with Crippen LogP contribution in [0.15, 0.2) is 12.1 Å². The number of halogens is 2. The largest absolute Gasteiger partial charge is 0.367 e. The summed E-state index contributed by atoms with van der Waals surface area (Å²) in [6.07, 6.45) is 3.48. The molecule has 0 saturated heterocycles. The lowest BCUT2D eigenvalue weighted by molar-refractivity contribution is 0.317. The Morgan fingerprint density at radius 2 is 1.94 bits per heavy atom. The molecular formula is C14H16F2N2. The molecule has 1 fully saturated rings. The van der Waals surface area contributed by atoms with E-state index in [-0.39, 0.29) is 11.3 Å². The van der Waals surface area contributed by atoms with E-state index in [0.29, 0.717) is 19.0 Å². The summed E-state index contributed by atoms with van der Waals surface area (Å²) in [5, 5.41) is 8.67. The lowest BCUT2D eigenvalue weighted by atomic mass is 9.85. The normalized spacial score (nSPS) is 15.0. The molecule has 0 aromatic heterocycles. The first-order valence-electron chi connectivity index (χ1n) is 6.29. The Balaban J connectivity index is 2.26. The van der Waals surface area contributed by atoms with Gasteiger partial charge in [-0.25, -0.2) is 8.78 Å². The molecule has 0 bridgehead atoms. The first kappa shape index (κ1) is 12.8. The molecule has 1 aromatic rings. The number of hydrogen-bond acceptors (Lipinski definition) is 2. The van der Waals surface area contributed by atoms with Gasteiger partial charge in [-0.15, -0.1) is 0 Å². The minimum absolute atomic E-state index is 0.00315. The van der Waals surface area contributed by atoms with Gasteiger partial charge in [0, 0.05) is 13.1 Å². The maximum Gasteiger partial charge on any atom is 0.150 e. The van der Waals surface area contributed by atoms with Crippen molar-refractivity contribution < 1.29 is 8.78 Å². The molecule has 2 rings (SSSR count). The molecular weight excluding hydrogens is 234 g/mol. The lowest BCUT2D eigenvalue weighted by Gasteiger charge is -2.33. The van der Waals surface area contributed by atoms with E-state index in [0.717, 1.165) is 25.0 Å². The Labute approximate surface area is 106 Å². The highest BCUT2D eigenvalue weighted by atomic mass is 19.1. The van der Waals surface area contributed by atoms with E-state index in [9.17, 15) is 8.78 Å². The second kappa shape index (κ2) is 5.34. The van der Waals surface area contributed by atoms with Crippen molar-refractivity contribution in [1.82, 2.24) is 0 Å². The average Bonchev–Trinajstić information content (AvgIpc) is 2.29. The quantitative estimate of drug-likeness (QED) is 0.818. The van der Waals surface area contributed by atoms with Crippen molar-refractivity contribution in [2.45, 2.75) is 26.2 Å². The van der Waals surface area contributed by atoms with E-state index < -0.39 is 11.6 Å². The summed E-state index contributed by atoms with van der Waals surface area (Å²) < 4.78 is 27.7. The third kappa shape index (κ3) is 2.45. The van der Waals surface area contributed by atoms with Gasteiger partial charge < -0.3 is 4.90 Å². The first-order chi connectivity index (χ1) is 8.65. The molecule has 1 saturated carbocycles. The van der Waals surface area contributed by atoms with E-state index in [1.54, 1.807) is 11.0 Å². The standard InChI is InChI=1S/C14H16F2N2/c1-2-18(9-10-4-3-5-10)14-12(15)6-11(8-17)7-13(14)16/h6-7,10H,2-5,9H2,1H3. The summed E-state index contributed by atoms with van der Waals surface area (Å²) in [6.45, 7) is 3.14. The van der Waals surface area contributed by atoms with Crippen molar-refractivity contribution in [1.29, 1.82) is 5.26 Å². The van der Waals surface area contributed by atoms with E-state index in [2.05, 4.69) is 0 Å². The van der Waals surface area contributed by atoms with Gasteiger partial charge in [0.2, 0.25) is 0 Å². The fourth-order valence-electron chi connectivity index (χ4n) is 2.30. The molecule has 4 heteroatoms. The Bertz CT molecular complexity index is 452. The van der Waals surface area contributed by atoms with Gasteiger partial charge in [0.1, 0.15) is 5.69 Å². The van der Waals surface area contributed by atoms with Gasteiger partial charge in [0.15, 0.2) is 11.6 Å². The van der Waals surface area contributed by atoms with E-state index in [1.165, 1.54) is 6.42 Å². The van der Waals surface area contributed by atoms with Crippen molar-refractivity contribution in [3.8, 4) is 6.07 Å². The molecule has 2 nitrogen and oxygen atoms in total. The Morgan fingerprint density at radius 3 is 2.33 bits per heavy atom. The van der Waals surface area contributed by atoms with Gasteiger partial charge in [0.05, 0.1) is 11.6 Å². The minimum Gasteiger partial charge on any atom is -0.367 e. The molecule has 0 unspecified atom stereocenters. The van der Waals surface area contributed by atoms with Crippen LogP contribution in [0.1, 0.15) is 31.7 Å². The zero-order chi connectivity index (χ0) is 13.1. The SMILES string of the molecule is CCN(CC1CCC1)c1c(F)cc(C#N)cc1F. The highest BCUT2D eigenvalue weighted by Gasteiger charge is 2.23. The van der Waals surface area contributed by atoms with Crippen molar-refractivity contribution >= 4 is 5.69 Å². The monoisotopic (exact) mass is 250 g/mol. The molecule has 1 aromatic carbocycles. The smallest absolute Gasteiger partial charge is 0.150 e. The number of rotatable bonds is 4. The number of anilines is 1. The van der Waals surface area contributed by atoms with Gasteiger partial charge in [-0.2, -0.15) is 5.26 Å². The lowest BCUT2D eigenvalue weighted by Crippen LogP contribution is -2.33. The molecule has 1 aliphatic carbocycles. The maximum atomic E-state index is 13.9. The number of nitrogens with zero attached hydrogens (tertiary/aromatic N) is 2. The summed E-state index contributed by atoms with van der Waals surface area (Å²) in [6, 6.07) is 3.96. The topological polar surface area (TPSA) is 27.0 Å². The summed E-state index contributed by atoms with van der Waals surface area (Å²) in [5.74, 6) is -0.750. The Morgan fingerprint density at radius 1 is 1.33 bits per heavy atom. The molecule has 0 N–H and O–H groups in total. The summed E-state index contributed by atoms with van der Waals surface area (Å²) in [4.78, 5) is 1.73. The van der Waals surface area contributed by atoms with Gasteiger partial charge >= 0.3 is 0 Å². The van der Waals surface area contributed by atoms with Crippen LogP contribution in [-0.2, 0) is 0 Å². The molecule has 0 heterocycles. The summed E-state index contributed by atoms with van der Waals surface area (Å²) >= 11 is 0. The predicted molar refractivity (Wildman–Crippen MR) is 66.3 cm³/mol. The van der Waals surface area contributed by atoms with Gasteiger partial charge in [-0.3, -0.25) is 0 Å². The minimum atomic E-state index is -0.646. The van der Waals surface area contributed by atoms with E-state index >= 15 is 0 Å². The van der Waals surface area contributed by atoms with Crippen LogP contribution >= 0.6 is 0 Å². The molecule has 18 heavy (non-hydrogen) atoms. The molecule has 1 aliphatic rings. The Kier molecular flexibility index (Phi) is 3.81. The Hall–Kier alpha value is -1.63. The van der Waals surface area contributed by atoms with Gasteiger partial charge in [-0.05, 0) is 37.8 Å². The van der Waals surface area contributed by atoms with Gasteiger partial charge in [-0.1, -0.05) is 6.42 Å². The highest BCUT2D eigenvalue weighted by Crippen LogP contribution is 2.31. The van der Waals surface area contributed by atoms with Crippen LogP contribution in [0, 0.1) is 28.9 Å². The number of hydrogen-bond donors (Lipinski definition) is 0. The maximum absolute atomic E-state index is 13.9. The molecule has 96 valence electrons. The van der Waals surface area contributed by atoms with Crippen LogP contribution in [0.2, 0.25) is 0 Å². The average molecular weight is 250 g/mol. The third-order valence-corrected chi connectivity index (χ3v) is 3.55. The van der Waals surface area contributed by atoms with Crippen molar-refractivity contribution in [2.24, 2.45) is 5.92 Å². The predicted octanol–water partition coefficient (Wildman–Crippen LogP) is 3.46. The van der Waals surface area contributed by atoms with Gasteiger partial charge in [0.25, 0.3) is 0 Å². The molecule has 0 radical (unpaired) electrons. The molecule has 0 amide bonds.